The number of nitro groups is 1. The van der Waals surface area contributed by atoms with Crippen molar-refractivity contribution in [2.45, 2.75) is 6.18 Å². The molecule has 0 radical (unpaired) electrons. The molecule has 0 fully saturated rings. The second kappa shape index (κ2) is 4.20. The molecule has 0 bridgehead atoms. The predicted molar refractivity (Wildman–Crippen MR) is 51.2 cm³/mol. The number of nitrogens with zero attached hydrogens (tertiary/aromatic N) is 1. The van der Waals surface area contributed by atoms with Gasteiger partial charge in [0, 0.05) is 16.1 Å². The molecule has 0 saturated carbocycles. The molecule has 0 aliphatic rings. The molecule has 1 aromatic rings. The lowest BCUT2D eigenvalue weighted by atomic mass is 10.1. The molecule has 86 valence electrons. The number of benzene rings is 1. The lowest BCUT2D eigenvalue weighted by Crippen LogP contribution is -2.10. The van der Waals surface area contributed by atoms with Gasteiger partial charge in [0.2, 0.25) is 0 Å². The average Bonchev–Trinajstić information content (AvgIpc) is 2.14. The van der Waals surface area contributed by atoms with Gasteiger partial charge in [0.25, 0.3) is 5.69 Å². The molecule has 0 aromatic heterocycles. The zero-order chi connectivity index (χ0) is 12.5. The van der Waals surface area contributed by atoms with E-state index in [2.05, 4.69) is 15.9 Å². The van der Waals surface area contributed by atoms with E-state index in [0.717, 1.165) is 6.07 Å². The first-order chi connectivity index (χ1) is 7.27. The maximum atomic E-state index is 12.5. The Bertz CT molecular complexity index is 459. The normalized spacial score (nSPS) is 11.2. The van der Waals surface area contributed by atoms with Crippen LogP contribution < -0.4 is 0 Å². The summed E-state index contributed by atoms with van der Waals surface area (Å²) in [5.74, 6) is 0. The Labute approximate surface area is 95.3 Å². The van der Waals surface area contributed by atoms with Crippen LogP contribution in [-0.2, 0) is 6.18 Å². The summed E-state index contributed by atoms with van der Waals surface area (Å²) in [6.07, 6.45) is -4.62. The quantitative estimate of drug-likeness (QED) is 0.478. The van der Waals surface area contributed by atoms with Crippen LogP contribution in [0, 0.1) is 10.1 Å². The highest BCUT2D eigenvalue weighted by atomic mass is 79.9. The Morgan fingerprint density at radius 1 is 1.38 bits per heavy atom. The third-order valence-electron chi connectivity index (χ3n) is 1.71. The first-order valence-corrected chi connectivity index (χ1v) is 4.57. The number of alkyl halides is 3. The molecule has 1 aromatic carbocycles. The maximum Gasteiger partial charge on any atom is 0.424 e. The Morgan fingerprint density at radius 2 is 1.94 bits per heavy atom. The van der Waals surface area contributed by atoms with Gasteiger partial charge in [0.05, 0.1) is 4.92 Å². The molecule has 0 heterocycles. The van der Waals surface area contributed by atoms with Gasteiger partial charge >= 0.3 is 6.18 Å². The third-order valence-corrected chi connectivity index (χ3v) is 2.33. The van der Waals surface area contributed by atoms with Crippen molar-refractivity contribution in [2.75, 3.05) is 0 Å². The summed E-state index contributed by atoms with van der Waals surface area (Å²) in [5.41, 5.74) is -2.75. The van der Waals surface area contributed by atoms with Crippen molar-refractivity contribution < 1.29 is 22.9 Å². The molecular formula is C8H3BrF3NO3. The van der Waals surface area contributed by atoms with Crippen molar-refractivity contribution in [3.05, 3.63) is 37.8 Å². The molecule has 0 aliphatic heterocycles. The van der Waals surface area contributed by atoms with Crippen molar-refractivity contribution in [2.24, 2.45) is 0 Å². The van der Waals surface area contributed by atoms with Gasteiger partial charge in [-0.15, -0.1) is 0 Å². The SMILES string of the molecule is O=Cc1cc(Br)c(C(F)(F)F)c([N+](=O)[O-])c1. The number of rotatable bonds is 2. The van der Waals surface area contributed by atoms with Gasteiger partial charge in [-0.1, -0.05) is 0 Å². The first-order valence-electron chi connectivity index (χ1n) is 3.77. The highest BCUT2D eigenvalue weighted by molar-refractivity contribution is 9.10. The number of nitro benzene ring substituents is 1. The van der Waals surface area contributed by atoms with E-state index >= 15 is 0 Å². The number of carbonyl (C=O) groups is 1. The highest BCUT2D eigenvalue weighted by Gasteiger charge is 2.40. The fourth-order valence-electron chi connectivity index (χ4n) is 1.11. The minimum atomic E-state index is -4.86. The van der Waals surface area contributed by atoms with Crippen LogP contribution >= 0.6 is 15.9 Å². The summed E-state index contributed by atoms with van der Waals surface area (Å²) in [6.45, 7) is 0. The Kier molecular flexibility index (Phi) is 3.32. The third kappa shape index (κ3) is 2.38. The van der Waals surface area contributed by atoms with E-state index < -0.39 is 26.8 Å². The fourth-order valence-corrected chi connectivity index (χ4v) is 1.80. The van der Waals surface area contributed by atoms with Crippen molar-refractivity contribution in [1.29, 1.82) is 0 Å². The average molecular weight is 298 g/mol. The number of carbonyl (C=O) groups excluding carboxylic acids is 1. The summed E-state index contributed by atoms with van der Waals surface area (Å²) in [4.78, 5) is 19.6. The minimum absolute atomic E-state index is 0.202. The predicted octanol–water partition coefficient (Wildman–Crippen LogP) is 3.19. The molecule has 0 saturated heterocycles. The number of hydrogen-bond donors (Lipinski definition) is 0. The van der Waals surface area contributed by atoms with Crippen LogP contribution in [0.1, 0.15) is 15.9 Å². The summed E-state index contributed by atoms with van der Waals surface area (Å²) in [6, 6.07) is 1.46. The molecule has 0 amide bonds. The van der Waals surface area contributed by atoms with E-state index in [1.807, 2.05) is 0 Å². The van der Waals surface area contributed by atoms with Gasteiger partial charge in [-0.2, -0.15) is 13.2 Å². The molecule has 4 nitrogen and oxygen atoms in total. The van der Waals surface area contributed by atoms with Gasteiger partial charge in [-0.05, 0) is 22.0 Å². The van der Waals surface area contributed by atoms with Gasteiger partial charge in [0.15, 0.2) is 0 Å². The van der Waals surface area contributed by atoms with E-state index in [9.17, 15) is 28.1 Å². The van der Waals surface area contributed by atoms with Crippen molar-refractivity contribution >= 4 is 27.9 Å². The van der Waals surface area contributed by atoms with E-state index in [1.54, 1.807) is 0 Å². The van der Waals surface area contributed by atoms with Crippen LogP contribution in [0.3, 0.4) is 0 Å². The molecule has 0 atom stereocenters. The van der Waals surface area contributed by atoms with Crippen LogP contribution in [-0.4, -0.2) is 11.2 Å². The molecule has 0 unspecified atom stereocenters. The zero-order valence-corrected chi connectivity index (χ0v) is 9.00. The maximum absolute atomic E-state index is 12.5. The Balaban J connectivity index is 3.59. The van der Waals surface area contributed by atoms with Crippen LogP contribution in [0.5, 0.6) is 0 Å². The molecule has 8 heteroatoms. The monoisotopic (exact) mass is 297 g/mol. The minimum Gasteiger partial charge on any atom is -0.298 e. The van der Waals surface area contributed by atoms with Gasteiger partial charge in [0.1, 0.15) is 11.8 Å². The van der Waals surface area contributed by atoms with E-state index in [-0.39, 0.29) is 11.8 Å². The van der Waals surface area contributed by atoms with Gasteiger partial charge in [-0.25, -0.2) is 0 Å². The molecule has 0 spiro atoms. The van der Waals surface area contributed by atoms with E-state index in [1.165, 1.54) is 0 Å². The first kappa shape index (κ1) is 12.6. The standard InChI is InChI=1S/C8H3BrF3NO3/c9-5-1-4(3-14)2-6(13(15)16)7(5)8(10,11)12/h1-3H. The lowest BCUT2D eigenvalue weighted by Gasteiger charge is -2.09. The second-order valence-corrected chi connectivity index (χ2v) is 3.62. The van der Waals surface area contributed by atoms with Crippen molar-refractivity contribution in [3.8, 4) is 0 Å². The Morgan fingerprint density at radius 3 is 2.31 bits per heavy atom. The molecular weight excluding hydrogens is 295 g/mol. The Hall–Kier alpha value is -1.44. The van der Waals surface area contributed by atoms with Crippen LogP contribution in [0.2, 0.25) is 0 Å². The van der Waals surface area contributed by atoms with E-state index in [0.29, 0.717) is 6.07 Å². The molecule has 1 rings (SSSR count). The summed E-state index contributed by atoms with van der Waals surface area (Å²) in [7, 11) is 0. The molecule has 0 N–H and O–H groups in total. The number of aldehydes is 1. The summed E-state index contributed by atoms with van der Waals surface area (Å²) in [5, 5.41) is 10.5. The largest absolute Gasteiger partial charge is 0.424 e. The molecule has 16 heavy (non-hydrogen) atoms. The summed E-state index contributed by atoms with van der Waals surface area (Å²) >= 11 is 2.56. The van der Waals surface area contributed by atoms with Crippen LogP contribution in [0.4, 0.5) is 18.9 Å². The fraction of sp³-hybridized carbons (Fsp3) is 0.125. The smallest absolute Gasteiger partial charge is 0.298 e. The van der Waals surface area contributed by atoms with Gasteiger partial charge in [-0.3, -0.25) is 14.9 Å². The van der Waals surface area contributed by atoms with Gasteiger partial charge < -0.3 is 0 Å². The summed E-state index contributed by atoms with van der Waals surface area (Å²) < 4.78 is 36.9. The topological polar surface area (TPSA) is 60.2 Å². The lowest BCUT2D eigenvalue weighted by molar-refractivity contribution is -0.388. The molecule has 0 aliphatic carbocycles. The number of hydrogen-bond acceptors (Lipinski definition) is 3. The van der Waals surface area contributed by atoms with Crippen LogP contribution in [0.15, 0.2) is 16.6 Å². The number of halogens is 4. The highest BCUT2D eigenvalue weighted by Crippen LogP contribution is 2.41. The van der Waals surface area contributed by atoms with Crippen molar-refractivity contribution in [1.82, 2.24) is 0 Å². The van der Waals surface area contributed by atoms with E-state index in [4.69, 9.17) is 0 Å². The van der Waals surface area contributed by atoms with Crippen molar-refractivity contribution in [3.63, 3.8) is 0 Å². The second-order valence-electron chi connectivity index (χ2n) is 2.77. The zero-order valence-electron chi connectivity index (χ0n) is 7.42. The van der Waals surface area contributed by atoms with Crippen LogP contribution in [0.25, 0.3) is 0 Å².